The third-order valence-electron chi connectivity index (χ3n) is 5.93. The first kappa shape index (κ1) is 14.1. The van der Waals surface area contributed by atoms with Gasteiger partial charge in [-0.2, -0.15) is 0 Å². The summed E-state index contributed by atoms with van der Waals surface area (Å²) >= 11 is 0. The van der Waals surface area contributed by atoms with E-state index in [9.17, 15) is 0 Å². The Morgan fingerprint density at radius 1 is 1.04 bits per heavy atom. The first-order valence-corrected chi connectivity index (χ1v) is 9.00. The van der Waals surface area contributed by atoms with Crippen LogP contribution in [0.5, 0.6) is 0 Å². The Morgan fingerprint density at radius 3 is 2.67 bits per heavy atom. The fraction of sp³-hybridized carbons (Fsp3) is 0.381. The van der Waals surface area contributed by atoms with Crippen LogP contribution in [0.25, 0.3) is 22.3 Å². The summed E-state index contributed by atoms with van der Waals surface area (Å²) in [6.45, 7) is 6.65. The van der Waals surface area contributed by atoms with Crippen LogP contribution in [0, 0.1) is 13.8 Å². The summed E-state index contributed by atoms with van der Waals surface area (Å²) in [6, 6.07) is 6.49. The zero-order valence-corrected chi connectivity index (χ0v) is 14.4. The molecule has 0 radical (unpaired) electrons. The van der Waals surface area contributed by atoms with Crippen molar-refractivity contribution < 1.29 is 9.83 Å². The van der Waals surface area contributed by atoms with Crippen molar-refractivity contribution in [1.29, 1.82) is 0 Å². The van der Waals surface area contributed by atoms with Gasteiger partial charge in [-0.3, -0.25) is 5.41 Å². The molecular formula is C21H23N2O+. The number of anilines is 1. The topological polar surface area (TPSA) is 42.0 Å². The average molecular weight is 319 g/mol. The Hall–Kier alpha value is -2.29. The molecule has 24 heavy (non-hydrogen) atoms. The summed E-state index contributed by atoms with van der Waals surface area (Å²) in [5, 5.41) is 8.21. The van der Waals surface area contributed by atoms with Crippen LogP contribution in [0.15, 0.2) is 22.6 Å². The third-order valence-corrected chi connectivity index (χ3v) is 5.93. The largest absolute Gasteiger partial charge is 0.455 e. The lowest BCUT2D eigenvalue weighted by molar-refractivity contribution is -0.173. The Labute approximate surface area is 141 Å². The van der Waals surface area contributed by atoms with Crippen molar-refractivity contribution in [2.24, 2.45) is 0 Å². The Morgan fingerprint density at radius 2 is 1.83 bits per heavy atom. The van der Waals surface area contributed by atoms with E-state index in [1.165, 1.54) is 65.7 Å². The molecule has 0 amide bonds. The molecule has 0 bridgehead atoms. The lowest BCUT2D eigenvalue weighted by atomic mass is 9.87. The van der Waals surface area contributed by atoms with Crippen molar-refractivity contribution in [3.05, 3.63) is 45.8 Å². The highest BCUT2D eigenvalue weighted by molar-refractivity contribution is 5.95. The molecule has 1 aromatic rings. The minimum atomic E-state index is 0.804. The van der Waals surface area contributed by atoms with E-state index in [0.717, 1.165) is 28.7 Å². The maximum atomic E-state index is 6.50. The molecule has 5 rings (SSSR count). The molecule has 1 aromatic carbocycles. The zero-order chi connectivity index (χ0) is 16.4. The van der Waals surface area contributed by atoms with Gasteiger partial charge in [-0.25, -0.2) is 0 Å². The summed E-state index contributed by atoms with van der Waals surface area (Å²) in [6.07, 6.45) is 4.78. The summed E-state index contributed by atoms with van der Waals surface area (Å²) in [5.74, 6) is 0.948. The van der Waals surface area contributed by atoms with Gasteiger partial charge in [-0.15, -0.1) is 0 Å². The number of benzene rings is 2. The second kappa shape index (κ2) is 4.85. The molecule has 3 heterocycles. The zero-order valence-electron chi connectivity index (χ0n) is 14.4. The standard InChI is InChI=1S/C21H22N2O/c1-12-15-7-8-18(22)13(2)20(15)24-21-16-6-4-10-23-9-3-5-14(19(16)23)11-17(12)21/h7-8,11,22H,3-6,9-10H2,1-2H3/p+1. The minimum Gasteiger partial charge on any atom is -0.455 e. The molecule has 0 unspecified atom stereocenters. The van der Waals surface area contributed by atoms with E-state index in [2.05, 4.69) is 30.9 Å². The third kappa shape index (κ3) is 1.75. The molecule has 0 fully saturated rings. The number of aryl methyl sites for hydroxylation is 3. The van der Waals surface area contributed by atoms with Crippen LogP contribution in [0.1, 0.15) is 35.1 Å². The van der Waals surface area contributed by atoms with E-state index in [1.807, 2.05) is 6.07 Å². The van der Waals surface area contributed by atoms with Crippen molar-refractivity contribution in [1.82, 2.24) is 0 Å². The SMILES string of the molecule is Cc1c2oc3c4c5c(cc3c(C)c-2ccc1=[NH2+])CCCN5CCC4. The number of hydrogen-bond donors (Lipinski definition) is 1. The van der Waals surface area contributed by atoms with E-state index in [0.29, 0.717) is 0 Å². The van der Waals surface area contributed by atoms with Gasteiger partial charge in [0.05, 0.1) is 5.56 Å². The van der Waals surface area contributed by atoms with Crippen LogP contribution in [0.2, 0.25) is 0 Å². The van der Waals surface area contributed by atoms with Gasteiger partial charge in [0.15, 0.2) is 0 Å². The van der Waals surface area contributed by atoms with Crippen molar-refractivity contribution in [2.75, 3.05) is 18.0 Å². The molecule has 3 heteroatoms. The quantitative estimate of drug-likeness (QED) is 0.647. The molecule has 3 aliphatic heterocycles. The van der Waals surface area contributed by atoms with Crippen LogP contribution < -0.4 is 15.7 Å². The molecule has 2 N–H and O–H groups in total. The molecule has 122 valence electrons. The molecule has 4 aliphatic rings. The smallest absolute Gasteiger partial charge is 0.203 e. The van der Waals surface area contributed by atoms with Crippen molar-refractivity contribution in [3.8, 4) is 11.3 Å². The number of nitrogens with two attached hydrogens (primary N) is 1. The maximum Gasteiger partial charge on any atom is 0.203 e. The molecule has 0 atom stereocenters. The number of rotatable bonds is 0. The second-order valence-corrected chi connectivity index (χ2v) is 7.32. The number of fused-ring (bicyclic) bond motifs is 3. The molecule has 1 aliphatic carbocycles. The van der Waals surface area contributed by atoms with Gasteiger partial charge < -0.3 is 9.32 Å². The van der Waals surface area contributed by atoms with Gasteiger partial charge in [0, 0.05) is 41.4 Å². The highest BCUT2D eigenvalue weighted by atomic mass is 16.3. The first-order chi connectivity index (χ1) is 11.6. The fourth-order valence-electron chi connectivity index (χ4n) is 4.61. The molecule has 0 saturated heterocycles. The lowest BCUT2D eigenvalue weighted by Crippen LogP contribution is -2.46. The molecule has 0 aromatic heterocycles. The van der Waals surface area contributed by atoms with E-state index in [-0.39, 0.29) is 0 Å². The second-order valence-electron chi connectivity index (χ2n) is 7.32. The van der Waals surface area contributed by atoms with E-state index in [1.54, 1.807) is 0 Å². The van der Waals surface area contributed by atoms with Gasteiger partial charge >= 0.3 is 0 Å². The summed E-state index contributed by atoms with van der Waals surface area (Å²) in [4.78, 5) is 2.57. The van der Waals surface area contributed by atoms with Crippen molar-refractivity contribution in [3.63, 3.8) is 0 Å². The van der Waals surface area contributed by atoms with Crippen LogP contribution in [0.4, 0.5) is 5.69 Å². The average Bonchev–Trinajstić information content (AvgIpc) is 2.60. The first-order valence-electron chi connectivity index (χ1n) is 9.00. The van der Waals surface area contributed by atoms with E-state index >= 15 is 0 Å². The highest BCUT2D eigenvalue weighted by Gasteiger charge is 2.28. The minimum absolute atomic E-state index is 0.804. The Bertz CT molecular complexity index is 1010. The fourth-order valence-corrected chi connectivity index (χ4v) is 4.61. The molecular weight excluding hydrogens is 296 g/mol. The summed E-state index contributed by atoms with van der Waals surface area (Å²) in [7, 11) is 0. The van der Waals surface area contributed by atoms with Crippen molar-refractivity contribution >= 4 is 16.7 Å². The normalized spacial score (nSPS) is 16.7. The van der Waals surface area contributed by atoms with Gasteiger partial charge in [0.2, 0.25) is 5.36 Å². The summed E-state index contributed by atoms with van der Waals surface area (Å²) < 4.78 is 6.50. The lowest BCUT2D eigenvalue weighted by Gasteiger charge is -2.37. The van der Waals surface area contributed by atoms with Crippen LogP contribution in [-0.4, -0.2) is 13.1 Å². The maximum absolute atomic E-state index is 6.50. The molecule has 0 saturated carbocycles. The number of nitrogens with zero attached hydrogens (tertiary/aromatic N) is 1. The Balaban J connectivity index is 1.97. The number of hydrogen-bond acceptors (Lipinski definition) is 2. The van der Waals surface area contributed by atoms with E-state index in [4.69, 9.17) is 9.83 Å². The van der Waals surface area contributed by atoms with Gasteiger partial charge in [-0.05, 0) is 62.8 Å². The molecule has 3 nitrogen and oxygen atoms in total. The van der Waals surface area contributed by atoms with Crippen LogP contribution >= 0.6 is 0 Å². The highest BCUT2D eigenvalue weighted by Crippen LogP contribution is 2.43. The predicted octanol–water partition coefficient (Wildman–Crippen LogP) is 2.51. The van der Waals surface area contributed by atoms with Gasteiger partial charge in [0.25, 0.3) is 0 Å². The molecule has 0 spiro atoms. The van der Waals surface area contributed by atoms with Crippen LogP contribution in [-0.2, 0) is 12.8 Å². The van der Waals surface area contributed by atoms with Gasteiger partial charge in [0.1, 0.15) is 11.3 Å². The predicted molar refractivity (Wildman–Crippen MR) is 96.2 cm³/mol. The monoisotopic (exact) mass is 319 g/mol. The summed E-state index contributed by atoms with van der Waals surface area (Å²) in [5.41, 5.74) is 9.02. The van der Waals surface area contributed by atoms with Crippen LogP contribution in [0.3, 0.4) is 0 Å². The van der Waals surface area contributed by atoms with Crippen molar-refractivity contribution in [2.45, 2.75) is 39.5 Å². The Kier molecular flexibility index (Phi) is 2.85. The van der Waals surface area contributed by atoms with E-state index < -0.39 is 0 Å². The van der Waals surface area contributed by atoms with Gasteiger partial charge in [-0.1, -0.05) is 0 Å².